The molecule has 5 rings (SSSR count). The smallest absolute Gasteiger partial charge is 0.269 e. The molecule has 7 nitrogen and oxygen atoms in total. The van der Waals surface area contributed by atoms with Gasteiger partial charge in [0.15, 0.2) is 5.82 Å². The lowest BCUT2D eigenvalue weighted by atomic mass is 10.1. The van der Waals surface area contributed by atoms with E-state index >= 15 is 0 Å². The summed E-state index contributed by atoms with van der Waals surface area (Å²) in [6, 6.07) is 6.59. The number of aromatic nitrogens is 5. The molecule has 0 aliphatic carbocycles. The topological polar surface area (TPSA) is 88.5 Å². The number of halogens is 1. The SMILES string of the molecule is Cc1c[nH]c2cc(-c3nccc(-c4cc5n(n4)CCNC5=O)n3)c(F)cc12. The molecule has 0 fully saturated rings. The molecule has 8 heteroatoms. The Labute approximate surface area is 153 Å². The van der Waals surface area contributed by atoms with E-state index in [1.54, 1.807) is 29.1 Å². The Morgan fingerprint density at radius 2 is 2.11 bits per heavy atom. The van der Waals surface area contributed by atoms with Crippen LogP contribution in [0.25, 0.3) is 33.7 Å². The Kier molecular flexibility index (Phi) is 3.33. The van der Waals surface area contributed by atoms with Gasteiger partial charge >= 0.3 is 0 Å². The second kappa shape index (κ2) is 5.73. The van der Waals surface area contributed by atoms with Crippen LogP contribution in [-0.2, 0) is 6.54 Å². The zero-order valence-electron chi connectivity index (χ0n) is 14.5. The second-order valence-corrected chi connectivity index (χ2v) is 6.51. The van der Waals surface area contributed by atoms with Crippen molar-refractivity contribution in [2.75, 3.05) is 6.54 Å². The third kappa shape index (κ3) is 2.49. The average Bonchev–Trinajstić information content (AvgIpc) is 3.26. The van der Waals surface area contributed by atoms with E-state index in [0.717, 1.165) is 16.5 Å². The van der Waals surface area contributed by atoms with E-state index in [0.29, 0.717) is 35.7 Å². The minimum Gasteiger partial charge on any atom is -0.361 e. The molecule has 1 aromatic carbocycles. The molecule has 0 bridgehead atoms. The summed E-state index contributed by atoms with van der Waals surface area (Å²) in [6.45, 7) is 3.07. The lowest BCUT2D eigenvalue weighted by molar-refractivity contribution is 0.0924. The van der Waals surface area contributed by atoms with Crippen molar-refractivity contribution < 1.29 is 9.18 Å². The summed E-state index contributed by atoms with van der Waals surface area (Å²) in [5.41, 5.74) is 3.71. The minimum absolute atomic E-state index is 0.159. The maximum atomic E-state index is 14.7. The summed E-state index contributed by atoms with van der Waals surface area (Å²) in [5, 5.41) is 8.06. The minimum atomic E-state index is -0.383. The summed E-state index contributed by atoms with van der Waals surface area (Å²) < 4.78 is 16.3. The highest BCUT2D eigenvalue weighted by molar-refractivity contribution is 5.94. The third-order valence-corrected chi connectivity index (χ3v) is 4.76. The number of H-pyrrole nitrogens is 1. The number of benzene rings is 1. The number of carbonyl (C=O) groups excluding carboxylic acids is 1. The van der Waals surface area contributed by atoms with Crippen LogP contribution in [-0.4, -0.2) is 37.2 Å². The van der Waals surface area contributed by atoms with Gasteiger partial charge in [-0.05, 0) is 36.8 Å². The van der Waals surface area contributed by atoms with Crippen molar-refractivity contribution in [1.82, 2.24) is 30.0 Å². The molecule has 1 amide bonds. The number of hydrogen-bond acceptors (Lipinski definition) is 4. The highest BCUT2D eigenvalue weighted by atomic mass is 19.1. The van der Waals surface area contributed by atoms with Crippen molar-refractivity contribution in [1.29, 1.82) is 0 Å². The Hall–Kier alpha value is -3.55. The number of fused-ring (bicyclic) bond motifs is 2. The fourth-order valence-corrected chi connectivity index (χ4v) is 3.35. The lowest BCUT2D eigenvalue weighted by Gasteiger charge is -2.13. The van der Waals surface area contributed by atoms with Crippen LogP contribution < -0.4 is 5.32 Å². The summed E-state index contributed by atoms with van der Waals surface area (Å²) in [7, 11) is 0. The molecule has 0 atom stereocenters. The van der Waals surface area contributed by atoms with Gasteiger partial charge in [0.2, 0.25) is 0 Å². The zero-order chi connectivity index (χ0) is 18.5. The summed E-state index contributed by atoms with van der Waals surface area (Å²) in [4.78, 5) is 23.8. The zero-order valence-corrected chi connectivity index (χ0v) is 14.5. The molecule has 4 aromatic rings. The van der Waals surface area contributed by atoms with Crippen LogP contribution in [0.1, 0.15) is 16.1 Å². The first-order valence-electron chi connectivity index (χ1n) is 8.57. The number of hydrogen-bond donors (Lipinski definition) is 2. The highest BCUT2D eigenvalue weighted by Crippen LogP contribution is 2.28. The Balaban J connectivity index is 1.60. The van der Waals surface area contributed by atoms with Gasteiger partial charge in [0.05, 0.1) is 17.8 Å². The van der Waals surface area contributed by atoms with Crippen LogP contribution in [0.3, 0.4) is 0 Å². The monoisotopic (exact) mass is 362 g/mol. The highest BCUT2D eigenvalue weighted by Gasteiger charge is 2.21. The average molecular weight is 362 g/mol. The van der Waals surface area contributed by atoms with E-state index in [1.165, 1.54) is 6.07 Å². The summed E-state index contributed by atoms with van der Waals surface area (Å²) >= 11 is 0. The number of carbonyl (C=O) groups is 1. The summed E-state index contributed by atoms with van der Waals surface area (Å²) in [6.07, 6.45) is 3.41. The van der Waals surface area contributed by atoms with Crippen molar-refractivity contribution in [2.45, 2.75) is 13.5 Å². The van der Waals surface area contributed by atoms with E-state index in [1.807, 2.05) is 13.1 Å². The molecule has 2 N–H and O–H groups in total. The van der Waals surface area contributed by atoms with Crippen molar-refractivity contribution in [2.24, 2.45) is 0 Å². The van der Waals surface area contributed by atoms with Crippen LogP contribution in [0.2, 0.25) is 0 Å². The van der Waals surface area contributed by atoms with E-state index in [4.69, 9.17) is 0 Å². The fraction of sp³-hybridized carbons (Fsp3) is 0.158. The number of amides is 1. The maximum Gasteiger partial charge on any atom is 0.269 e. The normalized spacial score (nSPS) is 13.6. The molecule has 0 saturated heterocycles. The molecule has 0 spiro atoms. The van der Waals surface area contributed by atoms with Crippen LogP contribution in [0.15, 0.2) is 36.7 Å². The van der Waals surface area contributed by atoms with Crippen LogP contribution in [0.5, 0.6) is 0 Å². The largest absolute Gasteiger partial charge is 0.361 e. The molecule has 3 aromatic heterocycles. The van der Waals surface area contributed by atoms with E-state index < -0.39 is 0 Å². The van der Waals surface area contributed by atoms with E-state index in [-0.39, 0.29) is 17.5 Å². The molecule has 27 heavy (non-hydrogen) atoms. The van der Waals surface area contributed by atoms with Crippen molar-refractivity contribution in [3.8, 4) is 22.8 Å². The standard InChI is InChI=1S/C19H15FN6O/c1-10-9-23-15-7-12(13(20)6-11(10)15)18-21-3-2-14(24-18)16-8-17-19(27)22-4-5-26(17)25-16/h2-3,6-9,23H,4-5H2,1H3,(H,22,27). The molecular formula is C19H15FN6O. The predicted octanol–water partition coefficient (Wildman–Crippen LogP) is 2.68. The third-order valence-electron chi connectivity index (χ3n) is 4.76. The fourth-order valence-electron chi connectivity index (χ4n) is 3.35. The molecule has 134 valence electrons. The first kappa shape index (κ1) is 15.7. The van der Waals surface area contributed by atoms with Gasteiger partial charge in [-0.25, -0.2) is 14.4 Å². The molecule has 0 radical (unpaired) electrons. The van der Waals surface area contributed by atoms with Gasteiger partial charge in [-0.15, -0.1) is 0 Å². The van der Waals surface area contributed by atoms with E-state index in [2.05, 4.69) is 25.4 Å². The maximum absolute atomic E-state index is 14.7. The van der Waals surface area contributed by atoms with Gasteiger partial charge in [-0.1, -0.05) is 0 Å². The second-order valence-electron chi connectivity index (χ2n) is 6.51. The van der Waals surface area contributed by atoms with Crippen molar-refractivity contribution >= 4 is 16.8 Å². The molecule has 1 aliphatic rings. The number of aromatic amines is 1. The van der Waals surface area contributed by atoms with E-state index in [9.17, 15) is 9.18 Å². The van der Waals surface area contributed by atoms with Crippen LogP contribution in [0.4, 0.5) is 4.39 Å². The number of aryl methyl sites for hydroxylation is 1. The Morgan fingerprint density at radius 1 is 1.22 bits per heavy atom. The number of nitrogens with one attached hydrogen (secondary N) is 2. The quantitative estimate of drug-likeness (QED) is 0.574. The van der Waals surface area contributed by atoms with Crippen molar-refractivity contribution in [3.63, 3.8) is 0 Å². The molecular weight excluding hydrogens is 347 g/mol. The predicted molar refractivity (Wildman–Crippen MR) is 97.6 cm³/mol. The first-order valence-corrected chi connectivity index (χ1v) is 8.57. The first-order chi connectivity index (χ1) is 13.1. The van der Waals surface area contributed by atoms with Gasteiger partial charge in [0.1, 0.15) is 17.2 Å². The Morgan fingerprint density at radius 3 is 2.96 bits per heavy atom. The molecule has 0 saturated carbocycles. The number of nitrogens with zero attached hydrogens (tertiary/aromatic N) is 4. The van der Waals surface area contributed by atoms with Crippen molar-refractivity contribution in [3.05, 3.63) is 53.7 Å². The van der Waals surface area contributed by atoms with Gasteiger partial charge in [0.25, 0.3) is 5.91 Å². The molecule has 0 unspecified atom stereocenters. The van der Waals surface area contributed by atoms with Gasteiger partial charge in [-0.2, -0.15) is 5.10 Å². The van der Waals surface area contributed by atoms with Gasteiger partial charge in [-0.3, -0.25) is 9.48 Å². The molecule has 1 aliphatic heterocycles. The van der Waals surface area contributed by atoms with Gasteiger partial charge < -0.3 is 10.3 Å². The van der Waals surface area contributed by atoms with Crippen LogP contribution >= 0.6 is 0 Å². The summed E-state index contributed by atoms with van der Waals surface area (Å²) in [5.74, 6) is -0.270. The van der Waals surface area contributed by atoms with Gasteiger partial charge in [0, 0.05) is 29.8 Å². The number of rotatable bonds is 2. The molecule has 4 heterocycles. The Bertz CT molecular complexity index is 1210. The lowest BCUT2D eigenvalue weighted by Crippen LogP contribution is -2.35. The van der Waals surface area contributed by atoms with Crippen LogP contribution in [0, 0.1) is 12.7 Å².